The molecule has 0 radical (unpaired) electrons. The summed E-state index contributed by atoms with van der Waals surface area (Å²) >= 11 is 1.69. The summed E-state index contributed by atoms with van der Waals surface area (Å²) in [5.74, 6) is 0.562. The van der Waals surface area contributed by atoms with Crippen molar-refractivity contribution in [2.45, 2.75) is 43.6 Å². The van der Waals surface area contributed by atoms with E-state index in [9.17, 15) is 9.18 Å². The summed E-state index contributed by atoms with van der Waals surface area (Å²) in [5, 5.41) is 3.00. The van der Waals surface area contributed by atoms with Gasteiger partial charge in [0.25, 0.3) is 0 Å². The molecule has 0 aliphatic heterocycles. The Balaban J connectivity index is 0.00000264. The number of carbonyl (C=O) groups excluding carboxylic acids is 1. The van der Waals surface area contributed by atoms with Crippen LogP contribution in [0.2, 0.25) is 0 Å². The maximum atomic E-state index is 13.5. The fraction of sp³-hybridized carbons (Fsp3) is 0.588. The highest BCUT2D eigenvalue weighted by Crippen LogP contribution is 2.40. The number of rotatable bonds is 7. The molecule has 3 nitrogen and oxygen atoms in total. The van der Waals surface area contributed by atoms with Gasteiger partial charge in [0.2, 0.25) is 5.91 Å². The quantitative estimate of drug-likeness (QED) is 0.784. The highest BCUT2D eigenvalue weighted by Gasteiger charge is 2.36. The van der Waals surface area contributed by atoms with Crippen molar-refractivity contribution < 1.29 is 9.18 Å². The van der Waals surface area contributed by atoms with Gasteiger partial charge in [-0.05, 0) is 49.0 Å². The lowest BCUT2D eigenvalue weighted by molar-refractivity contribution is -0.122. The van der Waals surface area contributed by atoms with E-state index >= 15 is 0 Å². The molecule has 1 fully saturated rings. The molecule has 0 spiro atoms. The van der Waals surface area contributed by atoms with E-state index in [1.165, 1.54) is 6.07 Å². The van der Waals surface area contributed by atoms with Crippen molar-refractivity contribution in [2.75, 3.05) is 18.6 Å². The third kappa shape index (κ3) is 5.37. The minimum atomic E-state index is -0.460. The lowest BCUT2D eigenvalue weighted by atomic mass is 9.78. The van der Waals surface area contributed by atoms with Gasteiger partial charge in [-0.1, -0.05) is 25.0 Å². The number of halogens is 2. The number of hydrogen-bond donors (Lipinski definition) is 2. The predicted octanol–water partition coefficient (Wildman–Crippen LogP) is 3.26. The number of thioether (sulfide) groups is 1. The Bertz CT molecular complexity index is 509. The summed E-state index contributed by atoms with van der Waals surface area (Å²) in [6.45, 7) is 0.544. The normalized spacial score (nSPS) is 17.3. The molecular weight excluding hydrogens is 335 g/mol. The fourth-order valence-corrected chi connectivity index (χ4v) is 3.69. The minimum Gasteiger partial charge on any atom is -0.354 e. The average molecular weight is 361 g/mol. The first-order valence-corrected chi connectivity index (χ1v) is 9.25. The number of nitrogens with two attached hydrogens (primary N) is 1. The van der Waals surface area contributed by atoms with Gasteiger partial charge < -0.3 is 11.1 Å². The van der Waals surface area contributed by atoms with E-state index in [2.05, 4.69) is 5.32 Å². The molecular formula is C17H26ClFN2OS. The van der Waals surface area contributed by atoms with Gasteiger partial charge in [0.1, 0.15) is 5.82 Å². The molecule has 0 heterocycles. The zero-order chi connectivity index (χ0) is 16.0. The highest BCUT2D eigenvalue weighted by molar-refractivity contribution is 7.98. The summed E-state index contributed by atoms with van der Waals surface area (Å²) in [4.78, 5) is 12.1. The summed E-state index contributed by atoms with van der Waals surface area (Å²) in [7, 11) is 0. The van der Waals surface area contributed by atoms with Crippen LogP contribution in [0.4, 0.5) is 4.39 Å². The van der Waals surface area contributed by atoms with Crippen LogP contribution in [0.5, 0.6) is 0 Å². The van der Waals surface area contributed by atoms with E-state index in [0.717, 1.165) is 37.0 Å². The van der Waals surface area contributed by atoms with Crippen molar-refractivity contribution in [3.63, 3.8) is 0 Å². The summed E-state index contributed by atoms with van der Waals surface area (Å²) < 4.78 is 13.5. The van der Waals surface area contributed by atoms with Crippen LogP contribution in [0.3, 0.4) is 0 Å². The van der Waals surface area contributed by atoms with Crippen LogP contribution in [0.1, 0.15) is 37.7 Å². The first-order chi connectivity index (χ1) is 10.6. The molecule has 1 aliphatic carbocycles. The van der Waals surface area contributed by atoms with Crippen LogP contribution < -0.4 is 11.1 Å². The molecule has 0 saturated heterocycles. The topological polar surface area (TPSA) is 55.1 Å². The Morgan fingerprint density at radius 1 is 1.43 bits per heavy atom. The summed E-state index contributed by atoms with van der Waals surface area (Å²) in [6.07, 6.45) is 6.88. The lowest BCUT2D eigenvalue weighted by Crippen LogP contribution is -2.46. The van der Waals surface area contributed by atoms with E-state index in [-0.39, 0.29) is 29.5 Å². The number of amides is 1. The number of carbonyl (C=O) groups is 1. The van der Waals surface area contributed by atoms with E-state index < -0.39 is 6.04 Å². The third-order valence-corrected chi connectivity index (χ3v) is 5.21. The second kappa shape index (κ2) is 9.50. The summed E-state index contributed by atoms with van der Waals surface area (Å²) in [6, 6.07) is 6.32. The first kappa shape index (κ1) is 20.3. The van der Waals surface area contributed by atoms with Gasteiger partial charge in [0.15, 0.2) is 0 Å². The molecule has 1 amide bonds. The van der Waals surface area contributed by atoms with Gasteiger partial charge in [0, 0.05) is 12.0 Å². The largest absolute Gasteiger partial charge is 0.354 e. The maximum Gasteiger partial charge on any atom is 0.236 e. The first-order valence-electron chi connectivity index (χ1n) is 7.86. The molecule has 3 N–H and O–H groups in total. The number of hydrogen-bond acceptors (Lipinski definition) is 3. The molecule has 6 heteroatoms. The second-order valence-electron chi connectivity index (χ2n) is 6.10. The Labute approximate surface area is 148 Å². The van der Waals surface area contributed by atoms with Gasteiger partial charge in [-0.15, -0.1) is 12.4 Å². The molecule has 1 saturated carbocycles. The van der Waals surface area contributed by atoms with Crippen molar-refractivity contribution in [1.29, 1.82) is 0 Å². The van der Waals surface area contributed by atoms with Crippen molar-refractivity contribution in [3.8, 4) is 0 Å². The van der Waals surface area contributed by atoms with Crippen LogP contribution in [-0.4, -0.2) is 30.5 Å². The van der Waals surface area contributed by atoms with Gasteiger partial charge in [0.05, 0.1) is 6.04 Å². The molecule has 1 aromatic rings. The van der Waals surface area contributed by atoms with Crippen molar-refractivity contribution in [3.05, 3.63) is 35.6 Å². The number of nitrogens with one attached hydrogen (secondary N) is 1. The second-order valence-corrected chi connectivity index (χ2v) is 7.09. The Morgan fingerprint density at radius 3 is 2.74 bits per heavy atom. The zero-order valence-electron chi connectivity index (χ0n) is 13.5. The van der Waals surface area contributed by atoms with Gasteiger partial charge >= 0.3 is 0 Å². The Kier molecular flexibility index (Phi) is 8.37. The van der Waals surface area contributed by atoms with Gasteiger partial charge in [-0.2, -0.15) is 11.8 Å². The van der Waals surface area contributed by atoms with Crippen molar-refractivity contribution in [2.24, 2.45) is 5.73 Å². The molecule has 1 aliphatic rings. The lowest BCUT2D eigenvalue weighted by Gasteiger charge is -2.30. The summed E-state index contributed by atoms with van der Waals surface area (Å²) in [5.41, 5.74) is 6.76. The average Bonchev–Trinajstić information content (AvgIpc) is 3.00. The van der Waals surface area contributed by atoms with E-state index in [1.807, 2.05) is 12.3 Å². The Hall–Kier alpha value is -0.780. The molecule has 23 heavy (non-hydrogen) atoms. The SMILES string of the molecule is CSCC[C@H](N)C(=O)NCC1(c2cccc(F)c2)CCCC1.Cl. The molecule has 130 valence electrons. The minimum absolute atomic E-state index is 0. The van der Waals surface area contributed by atoms with E-state index in [4.69, 9.17) is 5.73 Å². The molecule has 1 aromatic carbocycles. The highest BCUT2D eigenvalue weighted by atomic mass is 35.5. The molecule has 2 rings (SSSR count). The van der Waals surface area contributed by atoms with Crippen molar-refractivity contribution in [1.82, 2.24) is 5.32 Å². The molecule has 0 aromatic heterocycles. The molecule has 1 atom stereocenters. The van der Waals surface area contributed by atoms with Crippen molar-refractivity contribution >= 4 is 30.1 Å². The van der Waals surface area contributed by atoms with Crippen LogP contribution >= 0.6 is 24.2 Å². The molecule has 0 unspecified atom stereocenters. The van der Waals surface area contributed by atoms with E-state index in [0.29, 0.717) is 13.0 Å². The molecule has 0 bridgehead atoms. The fourth-order valence-electron chi connectivity index (χ4n) is 3.20. The maximum absolute atomic E-state index is 13.5. The van der Waals surface area contributed by atoms with E-state index in [1.54, 1.807) is 23.9 Å². The Morgan fingerprint density at radius 2 is 2.13 bits per heavy atom. The van der Waals surface area contributed by atoms with Crippen LogP contribution in [0.25, 0.3) is 0 Å². The third-order valence-electron chi connectivity index (χ3n) is 4.57. The zero-order valence-corrected chi connectivity index (χ0v) is 15.1. The van der Waals surface area contributed by atoms with Gasteiger partial charge in [-0.3, -0.25) is 4.79 Å². The van der Waals surface area contributed by atoms with Gasteiger partial charge in [-0.25, -0.2) is 4.39 Å². The smallest absolute Gasteiger partial charge is 0.236 e. The van der Waals surface area contributed by atoms with Crippen LogP contribution in [-0.2, 0) is 10.2 Å². The van der Waals surface area contributed by atoms with Crippen LogP contribution in [0, 0.1) is 5.82 Å². The van der Waals surface area contributed by atoms with Crippen LogP contribution in [0.15, 0.2) is 24.3 Å². The monoisotopic (exact) mass is 360 g/mol. The predicted molar refractivity (Wildman–Crippen MR) is 97.8 cm³/mol. The standard InChI is InChI=1S/C17H25FN2OS.ClH/c1-22-10-7-15(19)16(21)20-12-17(8-2-3-9-17)13-5-4-6-14(18)11-13;/h4-6,11,15H,2-3,7-10,12,19H2,1H3,(H,20,21);1H/t15-;/m0./s1. The number of benzene rings is 1.